The van der Waals surface area contributed by atoms with E-state index in [1.807, 2.05) is 6.26 Å². The Balaban J connectivity index is 2.91. The maximum atomic E-state index is 10.6. The smallest absolute Gasteiger partial charge is 0.279 e. The summed E-state index contributed by atoms with van der Waals surface area (Å²) in [6.45, 7) is 0. The number of carbonyl (C=O) groups excluding carboxylic acids is 1. The topological polar surface area (TPSA) is 68.9 Å². The Kier molecular flexibility index (Phi) is 3.12. The second-order valence-corrected chi connectivity index (χ2v) is 4.23. The molecule has 0 unspecified atom stereocenters. The van der Waals surface area contributed by atoms with Crippen LogP contribution in [-0.2, 0) is 0 Å². The molecule has 12 heavy (non-hydrogen) atoms. The highest BCUT2D eigenvalue weighted by atomic mass is 32.2. The maximum Gasteiger partial charge on any atom is 0.279 e. The van der Waals surface area contributed by atoms with Crippen molar-refractivity contribution in [3.05, 3.63) is 10.0 Å². The van der Waals surface area contributed by atoms with Crippen molar-refractivity contribution in [3.63, 3.8) is 0 Å². The summed E-state index contributed by atoms with van der Waals surface area (Å²) in [5.41, 5.74) is 4.99. The number of carbonyl (C=O) groups is 1. The van der Waals surface area contributed by atoms with Crippen molar-refractivity contribution in [2.75, 3.05) is 6.26 Å². The molecule has 0 aliphatic carbocycles. The minimum absolute atomic E-state index is 0.196. The number of hydrogen-bond donors (Lipinski definition) is 1. The Morgan fingerprint density at radius 2 is 2.17 bits per heavy atom. The molecule has 0 spiro atoms. The summed E-state index contributed by atoms with van der Waals surface area (Å²) in [6.07, 6.45) is 1.84. The highest BCUT2D eigenvalue weighted by molar-refractivity contribution is 8.23. The van der Waals surface area contributed by atoms with Crippen molar-refractivity contribution in [2.45, 2.75) is 0 Å². The Morgan fingerprint density at radius 3 is 2.58 bits per heavy atom. The lowest BCUT2D eigenvalue weighted by atomic mass is 10.7. The van der Waals surface area contributed by atoms with Crippen LogP contribution in [0.1, 0.15) is 14.8 Å². The minimum Gasteiger partial charge on any atom is -0.363 e. The molecule has 2 N–H and O–H groups in total. The van der Waals surface area contributed by atoms with E-state index in [2.05, 4.69) is 10.2 Å². The van der Waals surface area contributed by atoms with Crippen molar-refractivity contribution >= 4 is 45.4 Å². The molecule has 0 saturated heterocycles. The van der Waals surface area contributed by atoms with Gasteiger partial charge in [0.1, 0.15) is 4.20 Å². The minimum atomic E-state index is -0.567. The molecule has 1 aromatic rings. The van der Waals surface area contributed by atoms with Gasteiger partial charge in [0.2, 0.25) is 5.01 Å². The number of aromatic nitrogens is 2. The zero-order valence-electron chi connectivity index (χ0n) is 6.10. The molecule has 0 saturated carbocycles. The standard InChI is InChI=1S/C5H5N3OS3/c1-11-5(10)4-8-7-3(12-4)2(6)9/h1H3,(H2,6,9). The molecule has 4 nitrogen and oxygen atoms in total. The predicted molar refractivity (Wildman–Crippen MR) is 53.6 cm³/mol. The summed E-state index contributed by atoms with van der Waals surface area (Å²) in [6, 6.07) is 0. The van der Waals surface area contributed by atoms with Crippen LogP contribution < -0.4 is 5.73 Å². The molecule has 0 bridgehead atoms. The normalized spacial score (nSPS) is 9.75. The number of rotatable bonds is 2. The summed E-state index contributed by atoms with van der Waals surface area (Å²) < 4.78 is 0.625. The van der Waals surface area contributed by atoms with E-state index < -0.39 is 5.91 Å². The number of hydrogen-bond acceptors (Lipinski definition) is 6. The number of thioether (sulfide) groups is 1. The lowest BCUT2D eigenvalue weighted by Crippen LogP contribution is -2.10. The van der Waals surface area contributed by atoms with E-state index in [-0.39, 0.29) is 5.01 Å². The summed E-state index contributed by atoms with van der Waals surface area (Å²) in [5.74, 6) is -0.567. The van der Waals surface area contributed by atoms with Crippen LogP contribution in [0.2, 0.25) is 0 Å². The van der Waals surface area contributed by atoms with E-state index in [9.17, 15) is 4.79 Å². The first-order valence-electron chi connectivity index (χ1n) is 2.86. The summed E-state index contributed by atoms with van der Waals surface area (Å²) >= 11 is 7.45. The van der Waals surface area contributed by atoms with Crippen molar-refractivity contribution in [2.24, 2.45) is 5.73 Å². The molecule has 64 valence electrons. The van der Waals surface area contributed by atoms with Crippen LogP contribution in [0.3, 0.4) is 0 Å². The average molecular weight is 219 g/mol. The van der Waals surface area contributed by atoms with Crippen LogP contribution in [0.5, 0.6) is 0 Å². The third kappa shape index (κ3) is 1.99. The van der Waals surface area contributed by atoms with Crippen LogP contribution in [0.4, 0.5) is 0 Å². The largest absolute Gasteiger partial charge is 0.363 e. The van der Waals surface area contributed by atoms with Crippen LogP contribution >= 0.6 is 35.3 Å². The number of amides is 1. The molecule has 1 heterocycles. The molecule has 7 heteroatoms. The van der Waals surface area contributed by atoms with Gasteiger partial charge in [-0.2, -0.15) is 0 Å². The van der Waals surface area contributed by atoms with Crippen molar-refractivity contribution in [3.8, 4) is 0 Å². The lowest BCUT2D eigenvalue weighted by Gasteiger charge is -1.87. The van der Waals surface area contributed by atoms with Gasteiger partial charge in [0.25, 0.3) is 5.91 Å². The van der Waals surface area contributed by atoms with Gasteiger partial charge >= 0.3 is 0 Å². The molecule has 0 atom stereocenters. The molecule has 1 amide bonds. The fourth-order valence-corrected chi connectivity index (χ4v) is 1.78. The molecule has 0 fully saturated rings. The highest BCUT2D eigenvalue weighted by Gasteiger charge is 2.11. The molecular formula is C5H5N3OS3. The second kappa shape index (κ2) is 3.92. The summed E-state index contributed by atoms with van der Waals surface area (Å²) in [5, 5.41) is 8.06. The van der Waals surface area contributed by atoms with Crippen molar-refractivity contribution in [1.29, 1.82) is 0 Å². The molecule has 0 aromatic carbocycles. The Bertz CT molecular complexity index is 321. The molecular weight excluding hydrogens is 214 g/mol. The first kappa shape index (κ1) is 9.56. The van der Waals surface area contributed by atoms with Gasteiger partial charge in [0, 0.05) is 0 Å². The van der Waals surface area contributed by atoms with Crippen LogP contribution in [0, 0.1) is 0 Å². The Hall–Kier alpha value is -0.530. The molecule has 0 aliphatic rings. The van der Waals surface area contributed by atoms with E-state index in [1.54, 1.807) is 0 Å². The third-order valence-electron chi connectivity index (χ3n) is 0.996. The second-order valence-electron chi connectivity index (χ2n) is 1.77. The fraction of sp³-hybridized carbons (Fsp3) is 0.200. The van der Waals surface area contributed by atoms with E-state index in [0.29, 0.717) is 9.20 Å². The number of nitrogens with two attached hydrogens (primary N) is 1. The first-order valence-corrected chi connectivity index (χ1v) is 5.31. The molecule has 1 rings (SSSR count). The van der Waals surface area contributed by atoms with Crippen LogP contribution in [0.15, 0.2) is 0 Å². The molecule has 0 aliphatic heterocycles. The van der Waals surface area contributed by atoms with E-state index in [4.69, 9.17) is 18.0 Å². The van der Waals surface area contributed by atoms with Gasteiger partial charge in [0.05, 0.1) is 0 Å². The number of primary amides is 1. The van der Waals surface area contributed by atoms with Gasteiger partial charge in [-0.15, -0.1) is 22.0 Å². The number of nitrogens with zero attached hydrogens (tertiary/aromatic N) is 2. The van der Waals surface area contributed by atoms with Crippen LogP contribution in [-0.4, -0.2) is 26.6 Å². The fourth-order valence-electron chi connectivity index (χ4n) is 0.493. The Morgan fingerprint density at radius 1 is 1.58 bits per heavy atom. The van der Waals surface area contributed by atoms with Crippen molar-refractivity contribution < 1.29 is 4.79 Å². The van der Waals surface area contributed by atoms with Gasteiger partial charge in [0.15, 0.2) is 5.01 Å². The van der Waals surface area contributed by atoms with Gasteiger partial charge < -0.3 is 5.73 Å². The molecule has 1 aromatic heterocycles. The van der Waals surface area contributed by atoms with Crippen molar-refractivity contribution in [1.82, 2.24) is 10.2 Å². The molecule has 0 radical (unpaired) electrons. The quantitative estimate of drug-likeness (QED) is 0.741. The Labute approximate surface area is 82.6 Å². The first-order chi connectivity index (χ1) is 5.65. The van der Waals surface area contributed by atoms with Gasteiger partial charge in [-0.25, -0.2) is 0 Å². The third-order valence-corrected chi connectivity index (χ3v) is 3.47. The SMILES string of the molecule is CSC(=S)c1nnc(C(N)=O)s1. The van der Waals surface area contributed by atoms with E-state index in [1.165, 1.54) is 11.8 Å². The average Bonchev–Trinajstić information content (AvgIpc) is 2.51. The zero-order valence-corrected chi connectivity index (χ0v) is 8.55. The zero-order chi connectivity index (χ0) is 9.14. The van der Waals surface area contributed by atoms with E-state index >= 15 is 0 Å². The lowest BCUT2D eigenvalue weighted by molar-refractivity contribution is 0.0999. The predicted octanol–water partition coefficient (Wildman–Crippen LogP) is 0.676. The summed E-state index contributed by atoms with van der Waals surface area (Å²) in [4.78, 5) is 10.6. The monoisotopic (exact) mass is 219 g/mol. The van der Waals surface area contributed by atoms with Gasteiger partial charge in [-0.05, 0) is 6.26 Å². The maximum absolute atomic E-state index is 10.6. The highest BCUT2D eigenvalue weighted by Crippen LogP contribution is 2.15. The summed E-state index contributed by atoms with van der Waals surface area (Å²) in [7, 11) is 0. The van der Waals surface area contributed by atoms with Crippen LogP contribution in [0.25, 0.3) is 0 Å². The van der Waals surface area contributed by atoms with E-state index in [0.717, 1.165) is 11.3 Å². The number of thiocarbonyl (C=S) groups is 1. The van der Waals surface area contributed by atoms with Gasteiger partial charge in [-0.1, -0.05) is 23.6 Å². The van der Waals surface area contributed by atoms with Gasteiger partial charge in [-0.3, -0.25) is 4.79 Å².